The highest BCUT2D eigenvalue weighted by Gasteiger charge is 2.12. The van der Waals surface area contributed by atoms with Gasteiger partial charge in [-0.05, 0) is 37.1 Å². The zero-order chi connectivity index (χ0) is 14.5. The number of esters is 1. The minimum atomic E-state index is -3.47. The van der Waals surface area contributed by atoms with Gasteiger partial charge in [0.2, 0.25) is 10.0 Å². The second kappa shape index (κ2) is 6.42. The van der Waals surface area contributed by atoms with Crippen molar-refractivity contribution >= 4 is 27.4 Å². The van der Waals surface area contributed by atoms with Crippen molar-refractivity contribution in [1.29, 1.82) is 0 Å². The van der Waals surface area contributed by atoms with Crippen molar-refractivity contribution in [2.75, 3.05) is 23.3 Å². The molecule has 0 aliphatic heterocycles. The maximum Gasteiger partial charge on any atom is 0.305 e. The smallest absolute Gasteiger partial charge is 0.305 e. The number of nitrogen functional groups attached to an aromatic ring is 1. The summed E-state index contributed by atoms with van der Waals surface area (Å²) in [5, 5.41) is 0. The number of carbonyl (C=O) groups is 1. The molecule has 0 aromatic heterocycles. The molecule has 0 saturated carbocycles. The third-order valence-electron chi connectivity index (χ3n) is 2.56. The summed E-state index contributed by atoms with van der Waals surface area (Å²) in [6.45, 7) is 1.80. The molecule has 0 heterocycles. The van der Waals surface area contributed by atoms with Crippen LogP contribution in [0.5, 0.6) is 0 Å². The third-order valence-corrected chi connectivity index (χ3v) is 3.94. The van der Waals surface area contributed by atoms with E-state index in [-0.39, 0.29) is 18.6 Å². The Kier molecular flexibility index (Phi) is 5.17. The Labute approximate surface area is 113 Å². The van der Waals surface area contributed by atoms with Gasteiger partial charge in [0.25, 0.3) is 0 Å². The monoisotopic (exact) mass is 286 g/mol. The topological polar surface area (TPSA) is 98.5 Å². The van der Waals surface area contributed by atoms with Gasteiger partial charge in [-0.15, -0.1) is 0 Å². The zero-order valence-electron chi connectivity index (χ0n) is 11.0. The summed E-state index contributed by atoms with van der Waals surface area (Å²) in [4.78, 5) is 10.9. The zero-order valence-corrected chi connectivity index (χ0v) is 11.8. The van der Waals surface area contributed by atoms with E-state index < -0.39 is 16.0 Å². The minimum Gasteiger partial charge on any atom is -0.469 e. The Morgan fingerprint density at radius 3 is 2.68 bits per heavy atom. The van der Waals surface area contributed by atoms with E-state index in [1.807, 2.05) is 0 Å². The van der Waals surface area contributed by atoms with E-state index in [0.29, 0.717) is 11.4 Å². The van der Waals surface area contributed by atoms with Crippen molar-refractivity contribution < 1.29 is 17.9 Å². The molecule has 0 unspecified atom stereocenters. The van der Waals surface area contributed by atoms with Gasteiger partial charge in [-0.25, -0.2) is 8.42 Å². The summed E-state index contributed by atoms with van der Waals surface area (Å²) in [6, 6.07) is 4.90. The molecule has 7 heteroatoms. The maximum atomic E-state index is 11.8. The number of nitrogens with two attached hydrogens (primary N) is 1. The first-order chi connectivity index (χ1) is 8.84. The van der Waals surface area contributed by atoms with E-state index in [0.717, 1.165) is 5.56 Å². The first kappa shape index (κ1) is 15.3. The molecule has 6 nitrogen and oxygen atoms in total. The van der Waals surface area contributed by atoms with E-state index in [4.69, 9.17) is 5.73 Å². The molecule has 1 aromatic rings. The highest BCUT2D eigenvalue weighted by Crippen LogP contribution is 2.17. The predicted molar refractivity (Wildman–Crippen MR) is 74.3 cm³/mol. The summed E-state index contributed by atoms with van der Waals surface area (Å²) in [7, 11) is -2.20. The van der Waals surface area contributed by atoms with Gasteiger partial charge < -0.3 is 10.5 Å². The van der Waals surface area contributed by atoms with Gasteiger partial charge in [-0.3, -0.25) is 9.52 Å². The van der Waals surface area contributed by atoms with Crippen LogP contribution in [0.3, 0.4) is 0 Å². The molecule has 106 valence electrons. The number of carbonyl (C=O) groups excluding carboxylic acids is 1. The standard InChI is InChI=1S/C12H18N2O4S/c1-9-8-10(5-6-11(9)13)14-19(16,17)7-3-4-12(15)18-2/h5-6,8,14H,3-4,7,13H2,1-2H3. The molecule has 19 heavy (non-hydrogen) atoms. The van der Waals surface area contributed by atoms with Crippen molar-refractivity contribution in [3.8, 4) is 0 Å². The lowest BCUT2D eigenvalue weighted by Crippen LogP contribution is -2.17. The maximum absolute atomic E-state index is 11.8. The molecule has 3 N–H and O–H groups in total. The summed E-state index contributed by atoms with van der Waals surface area (Å²) < 4.78 is 30.4. The van der Waals surface area contributed by atoms with Crippen molar-refractivity contribution in [1.82, 2.24) is 0 Å². The summed E-state index contributed by atoms with van der Waals surface area (Å²) in [6.07, 6.45) is 0.300. The number of methoxy groups -OCH3 is 1. The first-order valence-corrected chi connectivity index (χ1v) is 7.43. The SMILES string of the molecule is COC(=O)CCCS(=O)(=O)Nc1ccc(N)c(C)c1. The Morgan fingerprint density at radius 1 is 1.42 bits per heavy atom. The molecule has 0 bridgehead atoms. The molecule has 0 amide bonds. The lowest BCUT2D eigenvalue weighted by atomic mass is 10.2. The highest BCUT2D eigenvalue weighted by molar-refractivity contribution is 7.92. The average molecular weight is 286 g/mol. The fourth-order valence-electron chi connectivity index (χ4n) is 1.48. The molecule has 0 radical (unpaired) electrons. The minimum absolute atomic E-state index is 0.0815. The molecule has 1 aromatic carbocycles. The largest absolute Gasteiger partial charge is 0.469 e. The molecule has 0 fully saturated rings. The number of rotatable bonds is 6. The van der Waals surface area contributed by atoms with Crippen molar-refractivity contribution in [2.24, 2.45) is 0 Å². The van der Waals surface area contributed by atoms with Crippen LogP contribution in [0.25, 0.3) is 0 Å². The third kappa shape index (κ3) is 5.17. The number of anilines is 2. The van der Waals surface area contributed by atoms with Crippen LogP contribution in [0.15, 0.2) is 18.2 Å². The second-order valence-corrected chi connectivity index (χ2v) is 6.01. The van der Waals surface area contributed by atoms with Crippen LogP contribution in [0.1, 0.15) is 18.4 Å². The average Bonchev–Trinajstić information content (AvgIpc) is 2.33. The Morgan fingerprint density at radius 2 is 2.11 bits per heavy atom. The molecule has 0 aliphatic rings. The molecule has 0 atom stereocenters. The summed E-state index contributed by atoms with van der Waals surface area (Å²) >= 11 is 0. The van der Waals surface area contributed by atoms with E-state index >= 15 is 0 Å². The molecule has 0 saturated heterocycles. The molecule has 0 spiro atoms. The quantitative estimate of drug-likeness (QED) is 0.606. The molecule has 1 rings (SSSR count). The van der Waals surface area contributed by atoms with Crippen LogP contribution in [0.4, 0.5) is 11.4 Å². The van der Waals surface area contributed by atoms with Gasteiger partial charge in [-0.1, -0.05) is 0 Å². The van der Waals surface area contributed by atoms with Crippen LogP contribution in [-0.2, 0) is 19.6 Å². The molecule has 0 aliphatic carbocycles. The highest BCUT2D eigenvalue weighted by atomic mass is 32.2. The number of nitrogens with one attached hydrogen (secondary N) is 1. The van der Waals surface area contributed by atoms with Gasteiger partial charge in [0, 0.05) is 17.8 Å². The number of benzene rings is 1. The van der Waals surface area contributed by atoms with Gasteiger partial charge >= 0.3 is 5.97 Å². The van der Waals surface area contributed by atoms with Crippen LogP contribution in [0, 0.1) is 6.92 Å². The van der Waals surface area contributed by atoms with E-state index in [1.54, 1.807) is 25.1 Å². The Balaban J connectivity index is 2.59. The number of hydrogen-bond acceptors (Lipinski definition) is 5. The predicted octanol–water partition coefficient (Wildman–Crippen LogP) is 1.27. The van der Waals surface area contributed by atoms with Crippen molar-refractivity contribution in [2.45, 2.75) is 19.8 Å². The molecular weight excluding hydrogens is 268 g/mol. The Bertz CT molecular complexity index is 555. The first-order valence-electron chi connectivity index (χ1n) is 5.77. The lowest BCUT2D eigenvalue weighted by molar-refractivity contribution is -0.140. The van der Waals surface area contributed by atoms with Crippen LogP contribution >= 0.6 is 0 Å². The van der Waals surface area contributed by atoms with Gasteiger partial charge in [0.15, 0.2) is 0 Å². The van der Waals surface area contributed by atoms with E-state index in [9.17, 15) is 13.2 Å². The number of ether oxygens (including phenoxy) is 1. The van der Waals surface area contributed by atoms with Crippen molar-refractivity contribution in [3.05, 3.63) is 23.8 Å². The Hall–Kier alpha value is -1.76. The fraction of sp³-hybridized carbons (Fsp3) is 0.417. The summed E-state index contributed by atoms with van der Waals surface area (Å²) in [5.41, 5.74) is 7.52. The lowest BCUT2D eigenvalue weighted by Gasteiger charge is -2.09. The van der Waals surface area contributed by atoms with Gasteiger partial charge in [-0.2, -0.15) is 0 Å². The van der Waals surface area contributed by atoms with Crippen LogP contribution < -0.4 is 10.5 Å². The van der Waals surface area contributed by atoms with E-state index in [1.165, 1.54) is 7.11 Å². The molecular formula is C12H18N2O4S. The number of hydrogen-bond donors (Lipinski definition) is 2. The van der Waals surface area contributed by atoms with Crippen LogP contribution in [-0.4, -0.2) is 27.2 Å². The normalized spacial score (nSPS) is 11.1. The van der Waals surface area contributed by atoms with Crippen molar-refractivity contribution in [3.63, 3.8) is 0 Å². The van der Waals surface area contributed by atoms with Crippen LogP contribution in [0.2, 0.25) is 0 Å². The fourth-order valence-corrected chi connectivity index (χ4v) is 2.59. The second-order valence-electron chi connectivity index (χ2n) is 4.17. The number of sulfonamides is 1. The summed E-state index contributed by atoms with van der Waals surface area (Å²) in [5.74, 6) is -0.551. The van der Waals surface area contributed by atoms with Gasteiger partial charge in [0.05, 0.1) is 12.9 Å². The number of aryl methyl sites for hydroxylation is 1. The van der Waals surface area contributed by atoms with Gasteiger partial charge in [0.1, 0.15) is 0 Å². The van der Waals surface area contributed by atoms with E-state index in [2.05, 4.69) is 9.46 Å².